The number of halogens is 2. The lowest BCUT2D eigenvalue weighted by molar-refractivity contribution is 0.0697. The molecule has 0 radical (unpaired) electrons. The van der Waals surface area contributed by atoms with Gasteiger partial charge in [-0.3, -0.25) is 4.79 Å². The Balaban J connectivity index is 1.43. The summed E-state index contributed by atoms with van der Waals surface area (Å²) in [6.07, 6.45) is 2.95. The van der Waals surface area contributed by atoms with Crippen molar-refractivity contribution in [2.45, 2.75) is 4.90 Å². The van der Waals surface area contributed by atoms with Crippen molar-refractivity contribution in [1.82, 2.24) is 24.0 Å². The number of aromatic nitrogens is 3. The number of hydrogen-bond donors (Lipinski definition) is 0. The van der Waals surface area contributed by atoms with Crippen molar-refractivity contribution < 1.29 is 22.0 Å². The molecule has 0 bridgehead atoms. The Morgan fingerprint density at radius 2 is 1.67 bits per heavy atom. The molecule has 8 nitrogen and oxygen atoms in total. The van der Waals surface area contributed by atoms with Crippen LogP contribution in [-0.2, 0) is 10.0 Å². The van der Waals surface area contributed by atoms with Gasteiger partial charge >= 0.3 is 0 Å². The zero-order valence-corrected chi connectivity index (χ0v) is 16.5. The Kier molecular flexibility index (Phi) is 5.31. The van der Waals surface area contributed by atoms with E-state index in [0.717, 1.165) is 22.1 Å². The van der Waals surface area contributed by atoms with Gasteiger partial charge < -0.3 is 4.90 Å². The Morgan fingerprint density at radius 1 is 0.967 bits per heavy atom. The average Bonchev–Trinajstić information content (AvgIpc) is 3.28. The molecule has 1 aliphatic heterocycles. The average molecular weight is 433 g/mol. The van der Waals surface area contributed by atoms with Crippen molar-refractivity contribution in [1.29, 1.82) is 0 Å². The number of sulfonamides is 1. The summed E-state index contributed by atoms with van der Waals surface area (Å²) in [6, 6.07) is 9.15. The third-order valence-electron chi connectivity index (χ3n) is 4.84. The third kappa shape index (κ3) is 3.81. The van der Waals surface area contributed by atoms with Gasteiger partial charge in [0.25, 0.3) is 5.91 Å². The molecule has 0 unspecified atom stereocenters. The van der Waals surface area contributed by atoms with Gasteiger partial charge in [0.2, 0.25) is 10.0 Å². The van der Waals surface area contributed by atoms with Crippen LogP contribution in [0.4, 0.5) is 8.78 Å². The van der Waals surface area contributed by atoms with Gasteiger partial charge in [-0.05, 0) is 36.4 Å². The summed E-state index contributed by atoms with van der Waals surface area (Å²) in [4.78, 5) is 17.6. The molecule has 0 N–H and O–H groups in total. The number of carbonyl (C=O) groups is 1. The highest BCUT2D eigenvalue weighted by Crippen LogP contribution is 2.22. The Hall–Kier alpha value is -3.18. The zero-order valence-electron chi connectivity index (χ0n) is 15.6. The first-order valence-corrected chi connectivity index (χ1v) is 10.5. The zero-order chi connectivity index (χ0) is 21.3. The van der Waals surface area contributed by atoms with Crippen LogP contribution in [0.15, 0.2) is 60.0 Å². The summed E-state index contributed by atoms with van der Waals surface area (Å²) in [5.74, 6) is -2.22. The molecule has 1 fully saturated rings. The van der Waals surface area contributed by atoms with E-state index >= 15 is 0 Å². The standard InChI is InChI=1S/C19H17F2N5O3S/c20-15-3-6-18(17(21)11-15)30(28,29)25-9-7-24(8-10-25)19(27)14-1-4-16(5-2-14)26-13-22-12-23-26/h1-6,11-13H,7-10H2. The summed E-state index contributed by atoms with van der Waals surface area (Å²) < 4.78 is 55.0. The van der Waals surface area contributed by atoms with Crippen molar-refractivity contribution in [2.75, 3.05) is 26.2 Å². The van der Waals surface area contributed by atoms with Crippen LogP contribution < -0.4 is 0 Å². The minimum absolute atomic E-state index is 0.0158. The lowest BCUT2D eigenvalue weighted by atomic mass is 10.1. The van der Waals surface area contributed by atoms with E-state index in [1.54, 1.807) is 35.3 Å². The first-order valence-electron chi connectivity index (χ1n) is 9.06. The predicted octanol–water partition coefficient (Wildman–Crippen LogP) is 1.69. The molecule has 0 saturated carbocycles. The maximum absolute atomic E-state index is 13.9. The number of hydrogen-bond acceptors (Lipinski definition) is 5. The first kappa shape index (κ1) is 20.1. The molecule has 2 aromatic carbocycles. The fourth-order valence-corrected chi connectivity index (χ4v) is 4.70. The molecular formula is C19H17F2N5O3S. The topological polar surface area (TPSA) is 88.4 Å². The van der Waals surface area contributed by atoms with Gasteiger partial charge in [-0.2, -0.15) is 9.40 Å². The van der Waals surface area contributed by atoms with Crippen molar-refractivity contribution >= 4 is 15.9 Å². The second-order valence-corrected chi connectivity index (χ2v) is 8.56. The van der Waals surface area contributed by atoms with Gasteiger partial charge in [0.15, 0.2) is 0 Å². The Labute approximate surface area is 171 Å². The highest BCUT2D eigenvalue weighted by atomic mass is 32.2. The van der Waals surface area contributed by atoms with Gasteiger partial charge in [-0.25, -0.2) is 26.9 Å². The molecule has 3 aromatic rings. The molecule has 11 heteroatoms. The summed E-state index contributed by atoms with van der Waals surface area (Å²) >= 11 is 0. The fraction of sp³-hybridized carbons (Fsp3) is 0.211. The second kappa shape index (κ2) is 7.92. The number of nitrogens with zero attached hydrogens (tertiary/aromatic N) is 5. The lowest BCUT2D eigenvalue weighted by Gasteiger charge is -2.34. The quantitative estimate of drug-likeness (QED) is 0.625. The number of carbonyl (C=O) groups excluding carboxylic acids is 1. The number of amides is 1. The smallest absolute Gasteiger partial charge is 0.253 e. The van der Waals surface area contributed by atoms with E-state index in [0.29, 0.717) is 11.6 Å². The van der Waals surface area contributed by atoms with Crippen LogP contribution in [0.3, 0.4) is 0 Å². The van der Waals surface area contributed by atoms with Crippen molar-refractivity contribution in [3.8, 4) is 5.69 Å². The van der Waals surface area contributed by atoms with Gasteiger partial charge in [-0.1, -0.05) is 0 Å². The maximum Gasteiger partial charge on any atom is 0.253 e. The molecule has 0 aliphatic carbocycles. The maximum atomic E-state index is 13.9. The predicted molar refractivity (Wildman–Crippen MR) is 102 cm³/mol. The molecule has 0 spiro atoms. The second-order valence-electron chi connectivity index (χ2n) is 6.66. The minimum Gasteiger partial charge on any atom is -0.336 e. The summed E-state index contributed by atoms with van der Waals surface area (Å²) in [6.45, 7) is 0.348. The Morgan fingerprint density at radius 3 is 2.27 bits per heavy atom. The summed E-state index contributed by atoms with van der Waals surface area (Å²) in [7, 11) is -4.12. The van der Waals surface area contributed by atoms with Crippen LogP contribution >= 0.6 is 0 Å². The molecule has 156 valence electrons. The van der Waals surface area contributed by atoms with Gasteiger partial charge in [-0.15, -0.1) is 0 Å². The van der Waals surface area contributed by atoms with Crippen LogP contribution in [0, 0.1) is 11.6 Å². The third-order valence-corrected chi connectivity index (χ3v) is 6.77. The Bertz CT molecular complexity index is 1160. The number of benzene rings is 2. The molecule has 1 aliphatic rings. The fourth-order valence-electron chi connectivity index (χ4n) is 3.24. The molecule has 2 heterocycles. The van der Waals surface area contributed by atoms with Crippen LogP contribution in [-0.4, -0.2) is 64.5 Å². The first-order chi connectivity index (χ1) is 14.4. The highest BCUT2D eigenvalue weighted by molar-refractivity contribution is 7.89. The van der Waals surface area contributed by atoms with Crippen LogP contribution in [0.1, 0.15) is 10.4 Å². The van der Waals surface area contributed by atoms with E-state index in [-0.39, 0.29) is 32.1 Å². The van der Waals surface area contributed by atoms with Gasteiger partial charge in [0.1, 0.15) is 29.2 Å². The number of rotatable bonds is 4. The SMILES string of the molecule is O=C(c1ccc(-n2cncn2)cc1)N1CCN(S(=O)(=O)c2ccc(F)cc2F)CC1. The van der Waals surface area contributed by atoms with E-state index in [9.17, 15) is 22.0 Å². The molecular weight excluding hydrogens is 416 g/mol. The van der Waals surface area contributed by atoms with Crippen molar-refractivity contribution in [2.24, 2.45) is 0 Å². The van der Waals surface area contributed by atoms with E-state index in [1.807, 2.05) is 0 Å². The van der Waals surface area contributed by atoms with Crippen molar-refractivity contribution in [3.05, 3.63) is 72.3 Å². The molecule has 30 heavy (non-hydrogen) atoms. The van der Waals surface area contributed by atoms with Crippen LogP contribution in [0.2, 0.25) is 0 Å². The highest BCUT2D eigenvalue weighted by Gasteiger charge is 2.32. The molecule has 1 aromatic heterocycles. The normalized spacial score (nSPS) is 15.3. The van der Waals surface area contributed by atoms with Crippen LogP contribution in [0.5, 0.6) is 0 Å². The van der Waals surface area contributed by atoms with Gasteiger partial charge in [0.05, 0.1) is 5.69 Å². The minimum atomic E-state index is -4.12. The monoisotopic (exact) mass is 433 g/mol. The molecule has 1 saturated heterocycles. The largest absolute Gasteiger partial charge is 0.336 e. The van der Waals surface area contributed by atoms with Crippen molar-refractivity contribution in [3.63, 3.8) is 0 Å². The van der Waals surface area contributed by atoms with E-state index in [2.05, 4.69) is 10.1 Å². The number of piperazine rings is 1. The molecule has 1 amide bonds. The molecule has 4 rings (SSSR count). The van der Waals surface area contributed by atoms with E-state index in [4.69, 9.17) is 0 Å². The van der Waals surface area contributed by atoms with E-state index < -0.39 is 26.6 Å². The molecule has 0 atom stereocenters. The summed E-state index contributed by atoms with van der Waals surface area (Å²) in [5.41, 5.74) is 1.21. The van der Waals surface area contributed by atoms with Gasteiger partial charge in [0, 0.05) is 37.8 Å². The lowest BCUT2D eigenvalue weighted by Crippen LogP contribution is -2.50. The van der Waals surface area contributed by atoms with Crippen LogP contribution in [0.25, 0.3) is 5.69 Å². The van der Waals surface area contributed by atoms with E-state index in [1.165, 1.54) is 11.2 Å². The summed E-state index contributed by atoms with van der Waals surface area (Å²) in [5, 5.41) is 4.02.